The third-order valence-electron chi connectivity index (χ3n) is 3.01. The van der Waals surface area contributed by atoms with Gasteiger partial charge in [0.05, 0.1) is 7.11 Å². The first-order chi connectivity index (χ1) is 9.51. The zero-order valence-electron chi connectivity index (χ0n) is 11.8. The van der Waals surface area contributed by atoms with E-state index in [1.807, 2.05) is 50.2 Å². The first kappa shape index (κ1) is 14.9. The maximum Gasteiger partial charge on any atom is 0.169 e. The normalized spacial score (nSPS) is 12.1. The lowest BCUT2D eigenvalue weighted by molar-refractivity contribution is 0.376. The molecule has 0 aliphatic heterocycles. The molecule has 0 aliphatic rings. The molecule has 106 valence electrons. The van der Waals surface area contributed by atoms with E-state index in [2.05, 4.69) is 15.9 Å². The van der Waals surface area contributed by atoms with Crippen LogP contribution in [0.3, 0.4) is 0 Å². The fourth-order valence-electron chi connectivity index (χ4n) is 1.95. The number of nitrogens with two attached hydrogens (primary N) is 1. The molecule has 0 fully saturated rings. The Balaban J connectivity index is 2.41. The van der Waals surface area contributed by atoms with Crippen molar-refractivity contribution >= 4 is 15.9 Å². The van der Waals surface area contributed by atoms with Crippen molar-refractivity contribution in [2.45, 2.75) is 19.9 Å². The molecule has 0 saturated carbocycles. The van der Waals surface area contributed by atoms with Gasteiger partial charge in [0.2, 0.25) is 0 Å². The molecule has 0 saturated heterocycles. The van der Waals surface area contributed by atoms with Gasteiger partial charge in [0.25, 0.3) is 0 Å². The second-order valence-electron chi connectivity index (χ2n) is 4.73. The topological polar surface area (TPSA) is 44.5 Å². The molecule has 0 radical (unpaired) electrons. The standard InChI is InChI=1S/C16H18BrNO2/c1-10-4-7-14(16(8-10)19-3)20-15-9-12(17)5-6-13(15)11(2)18/h4-9,11H,18H2,1-3H3. The maximum atomic E-state index is 5.99. The number of rotatable bonds is 4. The molecule has 1 unspecified atom stereocenters. The van der Waals surface area contributed by atoms with Gasteiger partial charge in [-0.3, -0.25) is 0 Å². The van der Waals surface area contributed by atoms with Crippen LogP contribution in [0, 0.1) is 6.92 Å². The van der Waals surface area contributed by atoms with Crippen LogP contribution in [-0.4, -0.2) is 7.11 Å². The van der Waals surface area contributed by atoms with E-state index < -0.39 is 0 Å². The quantitative estimate of drug-likeness (QED) is 0.889. The molecular formula is C16H18BrNO2. The molecule has 2 aromatic rings. The predicted octanol–water partition coefficient (Wildman–Crippen LogP) is 4.58. The van der Waals surface area contributed by atoms with Gasteiger partial charge in [-0.05, 0) is 43.7 Å². The van der Waals surface area contributed by atoms with Crippen LogP contribution in [0.15, 0.2) is 40.9 Å². The van der Waals surface area contributed by atoms with Crippen molar-refractivity contribution < 1.29 is 9.47 Å². The monoisotopic (exact) mass is 335 g/mol. The van der Waals surface area contributed by atoms with Crippen molar-refractivity contribution in [3.05, 3.63) is 52.0 Å². The summed E-state index contributed by atoms with van der Waals surface area (Å²) in [5.74, 6) is 2.12. The summed E-state index contributed by atoms with van der Waals surface area (Å²) in [6.45, 7) is 3.95. The summed E-state index contributed by atoms with van der Waals surface area (Å²) in [5.41, 5.74) is 8.06. The first-order valence-electron chi connectivity index (χ1n) is 6.39. The van der Waals surface area contributed by atoms with Gasteiger partial charge < -0.3 is 15.2 Å². The van der Waals surface area contributed by atoms with Crippen LogP contribution in [0.25, 0.3) is 0 Å². The van der Waals surface area contributed by atoms with Gasteiger partial charge >= 0.3 is 0 Å². The summed E-state index contributed by atoms with van der Waals surface area (Å²) >= 11 is 3.45. The maximum absolute atomic E-state index is 5.99. The van der Waals surface area contributed by atoms with Gasteiger partial charge in [-0.1, -0.05) is 28.1 Å². The van der Waals surface area contributed by atoms with Crippen LogP contribution < -0.4 is 15.2 Å². The van der Waals surface area contributed by atoms with E-state index in [0.717, 1.165) is 21.3 Å². The molecule has 0 bridgehead atoms. The number of hydrogen-bond acceptors (Lipinski definition) is 3. The van der Waals surface area contributed by atoms with Crippen LogP contribution in [0.4, 0.5) is 0 Å². The van der Waals surface area contributed by atoms with Crippen LogP contribution >= 0.6 is 15.9 Å². The van der Waals surface area contributed by atoms with E-state index in [-0.39, 0.29) is 6.04 Å². The van der Waals surface area contributed by atoms with Crippen LogP contribution in [0.1, 0.15) is 24.1 Å². The molecule has 0 heterocycles. The summed E-state index contributed by atoms with van der Waals surface area (Å²) in [7, 11) is 1.63. The van der Waals surface area contributed by atoms with Gasteiger partial charge in [-0.25, -0.2) is 0 Å². The summed E-state index contributed by atoms with van der Waals surface area (Å²) in [6.07, 6.45) is 0. The molecule has 1 atom stereocenters. The summed E-state index contributed by atoms with van der Waals surface area (Å²) in [6, 6.07) is 11.6. The number of ether oxygens (including phenoxy) is 2. The van der Waals surface area contributed by atoms with Crippen molar-refractivity contribution in [3.63, 3.8) is 0 Å². The Morgan fingerprint density at radius 2 is 1.80 bits per heavy atom. The minimum absolute atomic E-state index is 0.102. The SMILES string of the molecule is COc1cc(C)ccc1Oc1cc(Br)ccc1C(C)N. The van der Waals surface area contributed by atoms with Crippen molar-refractivity contribution in [3.8, 4) is 17.2 Å². The second-order valence-corrected chi connectivity index (χ2v) is 5.64. The molecule has 20 heavy (non-hydrogen) atoms. The molecule has 0 aromatic heterocycles. The van der Waals surface area contributed by atoms with Crippen molar-refractivity contribution in [2.75, 3.05) is 7.11 Å². The predicted molar refractivity (Wildman–Crippen MR) is 84.5 cm³/mol. The molecule has 4 heteroatoms. The highest BCUT2D eigenvalue weighted by Gasteiger charge is 2.12. The van der Waals surface area contributed by atoms with Crippen molar-refractivity contribution in [1.82, 2.24) is 0 Å². The van der Waals surface area contributed by atoms with E-state index in [4.69, 9.17) is 15.2 Å². The fraction of sp³-hybridized carbons (Fsp3) is 0.250. The molecule has 0 amide bonds. The van der Waals surface area contributed by atoms with Gasteiger partial charge in [-0.15, -0.1) is 0 Å². The van der Waals surface area contributed by atoms with E-state index in [1.54, 1.807) is 7.11 Å². The minimum Gasteiger partial charge on any atom is -0.493 e. The van der Waals surface area contributed by atoms with E-state index in [1.165, 1.54) is 0 Å². The Hall–Kier alpha value is -1.52. The molecule has 2 N–H and O–H groups in total. The first-order valence-corrected chi connectivity index (χ1v) is 7.18. The summed E-state index contributed by atoms with van der Waals surface area (Å²) < 4.78 is 12.3. The van der Waals surface area contributed by atoms with Gasteiger partial charge in [0.15, 0.2) is 11.5 Å². The Bertz CT molecular complexity index is 611. The number of halogens is 1. The third kappa shape index (κ3) is 3.32. The lowest BCUT2D eigenvalue weighted by Crippen LogP contribution is -2.06. The van der Waals surface area contributed by atoms with Crippen molar-refractivity contribution in [2.24, 2.45) is 5.73 Å². The third-order valence-corrected chi connectivity index (χ3v) is 3.50. The van der Waals surface area contributed by atoms with Crippen molar-refractivity contribution in [1.29, 1.82) is 0 Å². The zero-order chi connectivity index (χ0) is 14.7. The van der Waals surface area contributed by atoms with E-state index >= 15 is 0 Å². The Kier molecular flexibility index (Phi) is 4.68. The number of hydrogen-bond donors (Lipinski definition) is 1. The van der Waals surface area contributed by atoms with Gasteiger partial charge in [-0.2, -0.15) is 0 Å². The number of methoxy groups -OCH3 is 1. The Labute approximate surface area is 127 Å². The van der Waals surface area contributed by atoms with E-state index in [9.17, 15) is 0 Å². The number of benzene rings is 2. The molecule has 2 rings (SSSR count). The van der Waals surface area contributed by atoms with Crippen LogP contribution in [0.2, 0.25) is 0 Å². The lowest BCUT2D eigenvalue weighted by Gasteiger charge is -2.16. The largest absolute Gasteiger partial charge is 0.493 e. The van der Waals surface area contributed by atoms with Crippen LogP contribution in [-0.2, 0) is 0 Å². The second kappa shape index (κ2) is 6.29. The molecular weight excluding hydrogens is 318 g/mol. The Morgan fingerprint density at radius 3 is 2.45 bits per heavy atom. The number of aryl methyl sites for hydroxylation is 1. The highest BCUT2D eigenvalue weighted by Crippen LogP contribution is 2.36. The average Bonchev–Trinajstić information content (AvgIpc) is 2.40. The highest BCUT2D eigenvalue weighted by atomic mass is 79.9. The zero-order valence-corrected chi connectivity index (χ0v) is 13.4. The van der Waals surface area contributed by atoms with Gasteiger partial charge in [0.1, 0.15) is 5.75 Å². The summed E-state index contributed by atoms with van der Waals surface area (Å²) in [4.78, 5) is 0. The minimum atomic E-state index is -0.102. The lowest BCUT2D eigenvalue weighted by atomic mass is 10.1. The molecule has 0 spiro atoms. The molecule has 0 aliphatic carbocycles. The Morgan fingerprint density at radius 1 is 1.05 bits per heavy atom. The highest BCUT2D eigenvalue weighted by molar-refractivity contribution is 9.10. The molecule has 2 aromatic carbocycles. The van der Waals surface area contributed by atoms with E-state index in [0.29, 0.717) is 11.5 Å². The average molecular weight is 336 g/mol. The molecule has 3 nitrogen and oxygen atoms in total. The smallest absolute Gasteiger partial charge is 0.169 e. The fourth-order valence-corrected chi connectivity index (χ4v) is 2.29. The van der Waals surface area contributed by atoms with Crippen LogP contribution in [0.5, 0.6) is 17.2 Å². The summed E-state index contributed by atoms with van der Waals surface area (Å²) in [5, 5.41) is 0. The van der Waals surface area contributed by atoms with Gasteiger partial charge in [0, 0.05) is 16.1 Å².